The molecule has 0 fully saturated rings. The van der Waals surface area contributed by atoms with Gasteiger partial charge in [-0.3, -0.25) is 14.8 Å². The molecular formula is C8H7N3O3. The van der Waals surface area contributed by atoms with Gasteiger partial charge in [0.05, 0.1) is 11.0 Å². The van der Waals surface area contributed by atoms with Crippen LogP contribution < -0.4 is 16.7 Å². The van der Waals surface area contributed by atoms with Gasteiger partial charge in [-0.15, -0.1) is 0 Å². The number of hydrogen-bond donors (Lipinski definition) is 3. The molecule has 0 saturated heterocycles. The molecule has 0 radical (unpaired) electrons. The zero-order valence-electron chi connectivity index (χ0n) is 7.02. The van der Waals surface area contributed by atoms with Crippen LogP contribution in [0.5, 0.6) is 0 Å². The van der Waals surface area contributed by atoms with Crippen molar-refractivity contribution in [3.05, 3.63) is 45.0 Å². The first-order valence-corrected chi connectivity index (χ1v) is 3.88. The Labute approximate surface area is 77.4 Å². The van der Waals surface area contributed by atoms with Crippen LogP contribution in [-0.2, 0) is 0 Å². The highest BCUT2D eigenvalue weighted by atomic mass is 16.5. The Morgan fingerprint density at radius 1 is 1.29 bits per heavy atom. The normalized spacial score (nSPS) is 10.4. The van der Waals surface area contributed by atoms with Crippen LogP contribution in [0.15, 0.2) is 33.9 Å². The number of nitrogens with one attached hydrogen (secondary N) is 2. The molecule has 0 aliphatic rings. The summed E-state index contributed by atoms with van der Waals surface area (Å²) in [6, 6.07) is 6.62. The Balaban J connectivity index is 3.04. The van der Waals surface area contributed by atoms with Crippen molar-refractivity contribution >= 4 is 11.0 Å². The number of hydrogen-bond acceptors (Lipinski definition) is 4. The van der Waals surface area contributed by atoms with Crippen molar-refractivity contribution in [1.82, 2.24) is 9.66 Å². The fourth-order valence-electron chi connectivity index (χ4n) is 1.26. The number of fused-ring (bicyclic) bond motifs is 1. The molecule has 6 nitrogen and oxygen atoms in total. The van der Waals surface area contributed by atoms with Crippen LogP contribution in [0.1, 0.15) is 0 Å². The lowest BCUT2D eigenvalue weighted by atomic mass is 10.3. The average Bonchev–Trinajstić information content (AvgIpc) is 2.20. The Hall–Kier alpha value is -2.08. The van der Waals surface area contributed by atoms with Crippen LogP contribution in [0, 0.1) is 0 Å². The third-order valence-corrected chi connectivity index (χ3v) is 1.89. The molecule has 72 valence electrons. The number of rotatable bonds is 1. The Kier molecular flexibility index (Phi) is 1.83. The second kappa shape index (κ2) is 3.00. The van der Waals surface area contributed by atoms with Crippen LogP contribution in [0.25, 0.3) is 11.0 Å². The Morgan fingerprint density at radius 2 is 2.00 bits per heavy atom. The fourth-order valence-corrected chi connectivity index (χ4v) is 1.26. The molecule has 0 amide bonds. The highest BCUT2D eigenvalue weighted by Crippen LogP contribution is 2.04. The summed E-state index contributed by atoms with van der Waals surface area (Å²) >= 11 is 0. The van der Waals surface area contributed by atoms with Crippen LogP contribution in [0.2, 0.25) is 0 Å². The highest BCUT2D eigenvalue weighted by molar-refractivity contribution is 5.74. The van der Waals surface area contributed by atoms with Gasteiger partial charge in [0.25, 0.3) is 0 Å². The van der Waals surface area contributed by atoms with E-state index in [-0.39, 0.29) is 0 Å². The first-order valence-electron chi connectivity index (χ1n) is 3.88. The Morgan fingerprint density at radius 3 is 2.71 bits per heavy atom. The number of benzene rings is 1. The zero-order valence-corrected chi connectivity index (χ0v) is 7.02. The number of nitrogens with zero attached hydrogens (tertiary/aromatic N) is 1. The molecule has 14 heavy (non-hydrogen) atoms. The molecule has 1 heterocycles. The third kappa shape index (κ3) is 1.09. The van der Waals surface area contributed by atoms with E-state index in [4.69, 9.17) is 5.21 Å². The van der Waals surface area contributed by atoms with Gasteiger partial charge in [0.1, 0.15) is 0 Å². The van der Waals surface area contributed by atoms with Gasteiger partial charge in [-0.25, -0.2) is 5.59 Å². The summed E-state index contributed by atoms with van der Waals surface area (Å²) in [5.74, 6) is 0. The number of aromatic amines is 1. The van der Waals surface area contributed by atoms with E-state index in [1.807, 2.05) is 0 Å². The largest absolute Gasteiger partial charge is 0.336 e. The van der Waals surface area contributed by atoms with Gasteiger partial charge in [0.2, 0.25) is 0 Å². The minimum Gasteiger partial charge on any atom is -0.316 e. The molecule has 1 aromatic carbocycles. The first kappa shape index (κ1) is 8.52. The topological polar surface area (TPSA) is 87.1 Å². The summed E-state index contributed by atoms with van der Waals surface area (Å²) in [5, 5.41) is 8.70. The molecule has 1 aromatic heterocycles. The molecule has 0 aliphatic heterocycles. The molecule has 2 rings (SSSR count). The summed E-state index contributed by atoms with van der Waals surface area (Å²) < 4.78 is 0.772. The monoisotopic (exact) mass is 193 g/mol. The quantitative estimate of drug-likeness (QED) is 0.425. The molecule has 3 N–H and O–H groups in total. The van der Waals surface area contributed by atoms with Gasteiger partial charge >= 0.3 is 11.1 Å². The molecule has 0 bridgehead atoms. The van der Waals surface area contributed by atoms with Crippen LogP contribution in [0.4, 0.5) is 0 Å². The van der Waals surface area contributed by atoms with Gasteiger partial charge in [-0.05, 0) is 12.1 Å². The lowest BCUT2D eigenvalue weighted by molar-refractivity contribution is 0.318. The first-order chi connectivity index (χ1) is 6.74. The van der Waals surface area contributed by atoms with E-state index in [0.29, 0.717) is 11.0 Å². The molecule has 6 heteroatoms. The minimum atomic E-state index is -0.855. The standard InChI is InChI=1S/C8H7N3O3/c12-7-8(13)11(10-14)6-4-2-1-3-5(6)9-7/h1-4,10,14H,(H,9,12). The number of H-pyrrole nitrogens is 1. The molecule has 0 aliphatic carbocycles. The van der Waals surface area contributed by atoms with Crippen molar-refractivity contribution in [1.29, 1.82) is 0 Å². The SMILES string of the molecule is O=c1[nH]c2ccccc2n(NO)c1=O. The van der Waals surface area contributed by atoms with E-state index >= 15 is 0 Å². The van der Waals surface area contributed by atoms with Crippen LogP contribution in [0.3, 0.4) is 0 Å². The van der Waals surface area contributed by atoms with Gasteiger partial charge in [0.15, 0.2) is 0 Å². The van der Waals surface area contributed by atoms with Crippen molar-refractivity contribution in [3.63, 3.8) is 0 Å². The highest BCUT2D eigenvalue weighted by Gasteiger charge is 2.04. The maximum absolute atomic E-state index is 11.2. The van der Waals surface area contributed by atoms with E-state index in [1.165, 1.54) is 0 Å². The lowest BCUT2D eigenvalue weighted by Crippen LogP contribution is -2.39. The van der Waals surface area contributed by atoms with Gasteiger partial charge in [-0.1, -0.05) is 12.1 Å². The summed E-state index contributed by atoms with van der Waals surface area (Å²) in [5.41, 5.74) is 0.894. The van der Waals surface area contributed by atoms with Gasteiger partial charge < -0.3 is 4.98 Å². The molecule has 0 atom stereocenters. The third-order valence-electron chi connectivity index (χ3n) is 1.89. The van der Waals surface area contributed by atoms with E-state index in [1.54, 1.807) is 29.9 Å². The molecule has 0 saturated carbocycles. The van der Waals surface area contributed by atoms with Crippen molar-refractivity contribution in [2.24, 2.45) is 0 Å². The van der Waals surface area contributed by atoms with E-state index in [9.17, 15) is 9.59 Å². The summed E-state index contributed by atoms with van der Waals surface area (Å²) in [4.78, 5) is 24.7. The smallest absolute Gasteiger partial charge is 0.316 e. The Bertz CT molecular complexity index is 584. The van der Waals surface area contributed by atoms with Crippen molar-refractivity contribution in [2.75, 3.05) is 5.59 Å². The second-order valence-electron chi connectivity index (χ2n) is 2.71. The lowest BCUT2D eigenvalue weighted by Gasteiger charge is -2.05. The molecule has 0 spiro atoms. The van der Waals surface area contributed by atoms with Crippen molar-refractivity contribution in [3.8, 4) is 0 Å². The minimum absolute atomic E-state index is 0.402. The predicted octanol–water partition coefficient (Wildman–Crippen LogP) is -0.378. The maximum Gasteiger partial charge on any atom is 0.336 e. The molecule has 0 unspecified atom stereocenters. The molecule has 2 aromatic rings. The van der Waals surface area contributed by atoms with Crippen molar-refractivity contribution in [2.45, 2.75) is 0 Å². The van der Waals surface area contributed by atoms with Gasteiger partial charge in [-0.2, -0.15) is 4.68 Å². The fraction of sp³-hybridized carbons (Fsp3) is 0. The zero-order chi connectivity index (χ0) is 10.1. The summed E-state index contributed by atoms with van der Waals surface area (Å²) in [6.07, 6.45) is 0. The number of para-hydroxylation sites is 2. The second-order valence-corrected chi connectivity index (χ2v) is 2.71. The predicted molar refractivity (Wildman–Crippen MR) is 50.0 cm³/mol. The summed E-state index contributed by atoms with van der Waals surface area (Å²) in [7, 11) is 0. The number of aromatic nitrogens is 2. The van der Waals surface area contributed by atoms with Gasteiger partial charge in [0, 0.05) is 0 Å². The van der Waals surface area contributed by atoms with Crippen LogP contribution >= 0.6 is 0 Å². The summed E-state index contributed by atoms with van der Waals surface area (Å²) in [6.45, 7) is 0. The molecular weight excluding hydrogens is 186 g/mol. The van der Waals surface area contributed by atoms with E-state index < -0.39 is 11.1 Å². The van der Waals surface area contributed by atoms with Crippen molar-refractivity contribution < 1.29 is 5.21 Å². The maximum atomic E-state index is 11.2. The average molecular weight is 193 g/mol. The van der Waals surface area contributed by atoms with E-state index in [0.717, 1.165) is 4.68 Å². The van der Waals surface area contributed by atoms with E-state index in [2.05, 4.69) is 4.98 Å². The van der Waals surface area contributed by atoms with Crippen LogP contribution in [-0.4, -0.2) is 14.9 Å².